The minimum absolute atomic E-state index is 0.0554. The predicted octanol–water partition coefficient (Wildman–Crippen LogP) is 1.94. The molecule has 5 nitrogen and oxygen atoms in total. The van der Waals surface area contributed by atoms with Gasteiger partial charge in [-0.1, -0.05) is 18.5 Å². The molecule has 1 rings (SSSR count). The summed E-state index contributed by atoms with van der Waals surface area (Å²) in [7, 11) is -3.53. The van der Waals surface area contributed by atoms with Gasteiger partial charge in [-0.2, -0.15) is 0 Å². The molecule has 8 heteroatoms. The molecule has 0 aliphatic rings. The van der Waals surface area contributed by atoms with Gasteiger partial charge in [0.05, 0.1) is 4.34 Å². The summed E-state index contributed by atoms with van der Waals surface area (Å²) in [6.07, 6.45) is 0.840. The minimum atomic E-state index is -3.53. The van der Waals surface area contributed by atoms with Crippen molar-refractivity contribution in [2.75, 3.05) is 19.6 Å². The highest BCUT2D eigenvalue weighted by atomic mass is 35.5. The molecule has 1 heterocycles. The molecular formula is C11H17ClN2O3S2. The average molecular weight is 325 g/mol. The highest BCUT2D eigenvalue weighted by Gasteiger charge is 2.16. The summed E-state index contributed by atoms with van der Waals surface area (Å²) in [6.45, 7) is 4.62. The highest BCUT2D eigenvalue weighted by Crippen LogP contribution is 2.25. The number of hydrogen-bond acceptors (Lipinski definition) is 4. The van der Waals surface area contributed by atoms with Gasteiger partial charge in [0.25, 0.3) is 0 Å². The zero-order chi connectivity index (χ0) is 14.5. The smallest absolute Gasteiger partial charge is 0.250 e. The number of hydrogen-bond donors (Lipinski definition) is 1. The third-order valence-corrected chi connectivity index (χ3v) is 5.61. The Hall–Kier alpha value is -0.630. The van der Waals surface area contributed by atoms with Crippen LogP contribution in [0.5, 0.6) is 0 Å². The standard InChI is InChI=1S/C11H17ClN2O3S2/c1-3-7-14(9(2)15)8-6-13-19(16,17)11-5-4-10(12)18-11/h4-5,13H,3,6-8H2,1-2H3. The van der Waals surface area contributed by atoms with E-state index in [1.165, 1.54) is 13.0 Å². The Morgan fingerprint density at radius 1 is 1.42 bits per heavy atom. The lowest BCUT2D eigenvalue weighted by Crippen LogP contribution is -2.37. The molecule has 1 aromatic heterocycles. The van der Waals surface area contributed by atoms with Crippen LogP contribution in [0.1, 0.15) is 20.3 Å². The Kier molecular flexibility index (Phi) is 6.25. The molecule has 108 valence electrons. The summed E-state index contributed by atoms with van der Waals surface area (Å²) in [5.74, 6) is -0.0554. The van der Waals surface area contributed by atoms with Crippen LogP contribution in [0, 0.1) is 0 Å². The lowest BCUT2D eigenvalue weighted by molar-refractivity contribution is -0.128. The Balaban J connectivity index is 2.54. The number of nitrogens with zero attached hydrogens (tertiary/aromatic N) is 1. The first-order chi connectivity index (χ1) is 8.86. The normalized spacial score (nSPS) is 11.5. The first-order valence-corrected chi connectivity index (χ1v) is 8.55. The highest BCUT2D eigenvalue weighted by molar-refractivity contribution is 7.91. The van der Waals surface area contributed by atoms with E-state index in [-0.39, 0.29) is 16.7 Å². The first-order valence-electron chi connectivity index (χ1n) is 5.87. The van der Waals surface area contributed by atoms with Crippen LogP contribution in [-0.4, -0.2) is 38.9 Å². The van der Waals surface area contributed by atoms with Crippen molar-refractivity contribution in [3.05, 3.63) is 16.5 Å². The monoisotopic (exact) mass is 324 g/mol. The number of carbonyl (C=O) groups excluding carboxylic acids is 1. The fourth-order valence-electron chi connectivity index (χ4n) is 1.52. The average Bonchev–Trinajstić information content (AvgIpc) is 2.75. The Morgan fingerprint density at radius 3 is 2.58 bits per heavy atom. The zero-order valence-electron chi connectivity index (χ0n) is 10.8. The second-order valence-corrected chi connectivity index (χ2v) is 7.67. The quantitative estimate of drug-likeness (QED) is 0.833. The Labute approximate surface area is 122 Å². The van der Waals surface area contributed by atoms with Crippen LogP contribution in [0.15, 0.2) is 16.3 Å². The van der Waals surface area contributed by atoms with Crippen molar-refractivity contribution in [3.63, 3.8) is 0 Å². The van der Waals surface area contributed by atoms with E-state index in [1.54, 1.807) is 11.0 Å². The Morgan fingerprint density at radius 2 is 2.11 bits per heavy atom. The lowest BCUT2D eigenvalue weighted by Gasteiger charge is -2.20. The SMILES string of the molecule is CCCN(CCNS(=O)(=O)c1ccc(Cl)s1)C(C)=O. The molecule has 1 amide bonds. The second-order valence-electron chi connectivity index (χ2n) is 3.96. The summed E-state index contributed by atoms with van der Waals surface area (Å²) in [6, 6.07) is 3.00. The lowest BCUT2D eigenvalue weighted by atomic mass is 10.4. The third kappa shape index (κ3) is 5.10. The molecule has 0 bridgehead atoms. The fraction of sp³-hybridized carbons (Fsp3) is 0.545. The van der Waals surface area contributed by atoms with Crippen molar-refractivity contribution in [1.82, 2.24) is 9.62 Å². The van der Waals surface area contributed by atoms with Crippen LogP contribution < -0.4 is 4.72 Å². The number of rotatable bonds is 7. The van der Waals surface area contributed by atoms with E-state index in [0.29, 0.717) is 17.4 Å². The van der Waals surface area contributed by atoms with Crippen LogP contribution in [0.3, 0.4) is 0 Å². The van der Waals surface area contributed by atoms with E-state index < -0.39 is 10.0 Å². The van der Waals surface area contributed by atoms with Crippen molar-refractivity contribution >= 4 is 38.9 Å². The summed E-state index contributed by atoms with van der Waals surface area (Å²) in [4.78, 5) is 12.9. The van der Waals surface area contributed by atoms with Crippen molar-refractivity contribution in [1.29, 1.82) is 0 Å². The van der Waals surface area contributed by atoms with Gasteiger partial charge in [0.15, 0.2) is 0 Å². The third-order valence-electron chi connectivity index (χ3n) is 2.43. The van der Waals surface area contributed by atoms with Crippen molar-refractivity contribution in [2.45, 2.75) is 24.5 Å². The van der Waals surface area contributed by atoms with Gasteiger partial charge in [0.1, 0.15) is 4.21 Å². The molecular weight excluding hydrogens is 308 g/mol. The van der Waals surface area contributed by atoms with E-state index in [9.17, 15) is 13.2 Å². The van der Waals surface area contributed by atoms with Crippen LogP contribution in [0.2, 0.25) is 4.34 Å². The maximum absolute atomic E-state index is 11.9. The molecule has 0 atom stereocenters. The van der Waals surface area contributed by atoms with Crippen molar-refractivity contribution in [2.24, 2.45) is 0 Å². The molecule has 1 N–H and O–H groups in total. The van der Waals surface area contributed by atoms with Crippen LogP contribution in [0.25, 0.3) is 0 Å². The number of sulfonamides is 1. The van der Waals surface area contributed by atoms with Gasteiger partial charge >= 0.3 is 0 Å². The largest absolute Gasteiger partial charge is 0.342 e. The maximum atomic E-state index is 11.9. The zero-order valence-corrected chi connectivity index (χ0v) is 13.2. The van der Waals surface area contributed by atoms with Crippen LogP contribution in [-0.2, 0) is 14.8 Å². The summed E-state index contributed by atoms with van der Waals surface area (Å²) >= 11 is 6.71. The molecule has 0 spiro atoms. The summed E-state index contributed by atoms with van der Waals surface area (Å²) in [5.41, 5.74) is 0. The number of halogens is 1. The van der Waals surface area contributed by atoms with Gasteiger partial charge in [-0.25, -0.2) is 13.1 Å². The molecule has 0 aromatic carbocycles. The number of carbonyl (C=O) groups is 1. The summed E-state index contributed by atoms with van der Waals surface area (Å²) in [5, 5.41) is 0. The van der Waals surface area contributed by atoms with Crippen LogP contribution >= 0.6 is 22.9 Å². The molecule has 0 unspecified atom stereocenters. The molecule has 0 radical (unpaired) electrons. The van der Waals surface area contributed by atoms with E-state index in [0.717, 1.165) is 17.8 Å². The van der Waals surface area contributed by atoms with Gasteiger partial charge in [-0.3, -0.25) is 4.79 Å². The molecule has 19 heavy (non-hydrogen) atoms. The number of nitrogens with one attached hydrogen (secondary N) is 1. The van der Waals surface area contributed by atoms with E-state index in [4.69, 9.17) is 11.6 Å². The second kappa shape index (κ2) is 7.23. The molecule has 0 aliphatic carbocycles. The van der Waals surface area contributed by atoms with Gasteiger partial charge < -0.3 is 4.90 Å². The molecule has 0 aliphatic heterocycles. The summed E-state index contributed by atoms with van der Waals surface area (Å²) < 4.78 is 26.9. The maximum Gasteiger partial charge on any atom is 0.250 e. The predicted molar refractivity (Wildman–Crippen MR) is 77.1 cm³/mol. The molecule has 1 aromatic rings. The molecule has 0 fully saturated rings. The van der Waals surface area contributed by atoms with Gasteiger partial charge in [0.2, 0.25) is 15.9 Å². The minimum Gasteiger partial charge on any atom is -0.342 e. The van der Waals surface area contributed by atoms with Crippen molar-refractivity contribution in [3.8, 4) is 0 Å². The molecule has 0 saturated heterocycles. The fourth-order valence-corrected chi connectivity index (χ4v) is 4.07. The van der Waals surface area contributed by atoms with E-state index >= 15 is 0 Å². The number of amides is 1. The first kappa shape index (κ1) is 16.4. The Bertz CT molecular complexity index is 528. The topological polar surface area (TPSA) is 66.5 Å². The number of thiophene rings is 1. The van der Waals surface area contributed by atoms with E-state index in [1.807, 2.05) is 6.92 Å². The van der Waals surface area contributed by atoms with E-state index in [2.05, 4.69) is 4.72 Å². The van der Waals surface area contributed by atoms with Gasteiger partial charge in [-0.05, 0) is 18.6 Å². The van der Waals surface area contributed by atoms with Crippen molar-refractivity contribution < 1.29 is 13.2 Å². The molecule has 0 saturated carbocycles. The van der Waals surface area contributed by atoms with Gasteiger partial charge in [0, 0.05) is 26.6 Å². The van der Waals surface area contributed by atoms with Crippen LogP contribution in [0.4, 0.5) is 0 Å². The van der Waals surface area contributed by atoms with Gasteiger partial charge in [-0.15, -0.1) is 11.3 Å².